The highest BCUT2D eigenvalue weighted by Gasteiger charge is 2.11. The van der Waals surface area contributed by atoms with Gasteiger partial charge in [-0.3, -0.25) is 4.79 Å². The summed E-state index contributed by atoms with van der Waals surface area (Å²) in [6.45, 7) is 2.47. The van der Waals surface area contributed by atoms with E-state index in [0.29, 0.717) is 6.54 Å². The maximum Gasteiger partial charge on any atom is 0.236 e. The molecule has 1 atom stereocenters. The third kappa shape index (κ3) is 3.75. The van der Waals surface area contributed by atoms with Crippen molar-refractivity contribution in [3.05, 3.63) is 19.8 Å². The highest BCUT2D eigenvalue weighted by Crippen LogP contribution is 2.31. The van der Waals surface area contributed by atoms with Gasteiger partial charge in [0.05, 0.1) is 6.04 Å². The van der Waals surface area contributed by atoms with Crippen molar-refractivity contribution in [1.82, 2.24) is 10.6 Å². The zero-order chi connectivity index (χ0) is 11.4. The van der Waals surface area contributed by atoms with E-state index >= 15 is 0 Å². The smallest absolute Gasteiger partial charge is 0.236 e. The van der Waals surface area contributed by atoms with Crippen LogP contribution in [-0.2, 0) is 11.3 Å². The number of nitrogens with one attached hydrogen (secondary N) is 2. The first kappa shape index (κ1) is 13.0. The number of carbonyl (C=O) groups is 1. The maximum atomic E-state index is 11.2. The van der Waals surface area contributed by atoms with Gasteiger partial charge in [0.15, 0.2) is 0 Å². The Labute approximate surface area is 106 Å². The molecule has 0 spiro atoms. The molecule has 1 heterocycles. The molecule has 1 amide bonds. The largest absolute Gasteiger partial charge is 0.358 e. The highest BCUT2D eigenvalue weighted by atomic mass is 79.9. The predicted octanol–water partition coefficient (Wildman–Crippen LogP) is 2.39. The first-order valence-corrected chi connectivity index (χ1v) is 6.42. The average Bonchev–Trinajstić information content (AvgIpc) is 2.54. The Morgan fingerprint density at radius 1 is 1.73 bits per heavy atom. The van der Waals surface area contributed by atoms with Crippen molar-refractivity contribution in [1.29, 1.82) is 0 Å². The second-order valence-electron chi connectivity index (χ2n) is 3.05. The van der Waals surface area contributed by atoms with Crippen molar-refractivity contribution in [2.24, 2.45) is 0 Å². The Kier molecular flexibility index (Phi) is 5.05. The zero-order valence-corrected chi connectivity index (χ0v) is 11.6. The number of carbonyl (C=O) groups excluding carboxylic acids is 1. The van der Waals surface area contributed by atoms with Crippen LogP contribution >= 0.6 is 38.9 Å². The Hall–Kier alpha value is -0.100. The second kappa shape index (κ2) is 5.84. The lowest BCUT2D eigenvalue weighted by Crippen LogP contribution is -2.40. The van der Waals surface area contributed by atoms with E-state index in [0.717, 1.165) is 13.7 Å². The van der Waals surface area contributed by atoms with Crippen LogP contribution in [0.5, 0.6) is 0 Å². The van der Waals surface area contributed by atoms with E-state index in [2.05, 4.69) is 26.6 Å². The topological polar surface area (TPSA) is 41.1 Å². The van der Waals surface area contributed by atoms with E-state index in [1.54, 1.807) is 7.05 Å². The van der Waals surface area contributed by atoms with Crippen molar-refractivity contribution in [2.45, 2.75) is 19.5 Å². The number of halogens is 2. The van der Waals surface area contributed by atoms with E-state index in [1.807, 2.05) is 13.0 Å². The molecular weight excluding hydrogens is 300 g/mol. The monoisotopic (exact) mass is 310 g/mol. The number of hydrogen-bond acceptors (Lipinski definition) is 3. The molecule has 0 aliphatic heterocycles. The third-order valence-electron chi connectivity index (χ3n) is 1.92. The van der Waals surface area contributed by atoms with E-state index in [1.165, 1.54) is 11.3 Å². The first-order valence-electron chi connectivity index (χ1n) is 4.43. The maximum absolute atomic E-state index is 11.2. The minimum Gasteiger partial charge on any atom is -0.358 e. The van der Waals surface area contributed by atoms with Crippen molar-refractivity contribution < 1.29 is 4.79 Å². The standard InChI is InChI=1S/C9H12BrClN2OS/c1-5(9(14)12-2)13-4-6-3-7(10)8(11)15-6/h3,5,13H,4H2,1-2H3,(H,12,14). The molecule has 2 N–H and O–H groups in total. The van der Waals surface area contributed by atoms with Crippen LogP contribution in [-0.4, -0.2) is 19.0 Å². The van der Waals surface area contributed by atoms with Crippen LogP contribution in [0.25, 0.3) is 0 Å². The number of rotatable bonds is 4. The second-order valence-corrected chi connectivity index (χ2v) is 5.64. The predicted molar refractivity (Wildman–Crippen MR) is 67.4 cm³/mol. The number of likely N-dealkylation sites (N-methyl/N-ethyl adjacent to an activating group) is 1. The van der Waals surface area contributed by atoms with Gasteiger partial charge in [-0.05, 0) is 28.9 Å². The molecule has 1 rings (SSSR count). The zero-order valence-electron chi connectivity index (χ0n) is 8.43. The van der Waals surface area contributed by atoms with Gasteiger partial charge < -0.3 is 10.6 Å². The summed E-state index contributed by atoms with van der Waals surface area (Å²) in [6.07, 6.45) is 0. The van der Waals surface area contributed by atoms with Crippen molar-refractivity contribution >= 4 is 44.8 Å². The van der Waals surface area contributed by atoms with Crippen molar-refractivity contribution in [3.8, 4) is 0 Å². The van der Waals surface area contributed by atoms with Gasteiger partial charge in [-0.15, -0.1) is 11.3 Å². The summed E-state index contributed by atoms with van der Waals surface area (Å²) < 4.78 is 1.64. The van der Waals surface area contributed by atoms with E-state index in [9.17, 15) is 4.79 Å². The molecule has 0 saturated carbocycles. The van der Waals surface area contributed by atoms with Gasteiger partial charge in [0.25, 0.3) is 0 Å². The summed E-state index contributed by atoms with van der Waals surface area (Å²) in [6, 6.07) is 1.76. The molecule has 0 aromatic carbocycles. The normalized spacial score (nSPS) is 12.5. The fraction of sp³-hybridized carbons (Fsp3) is 0.444. The van der Waals surface area contributed by atoms with Crippen molar-refractivity contribution in [2.75, 3.05) is 7.05 Å². The van der Waals surface area contributed by atoms with Crippen LogP contribution in [0.15, 0.2) is 10.5 Å². The highest BCUT2D eigenvalue weighted by molar-refractivity contribution is 9.10. The molecule has 0 bridgehead atoms. The average molecular weight is 312 g/mol. The summed E-state index contributed by atoms with van der Waals surface area (Å²) in [5.74, 6) is -0.0169. The Morgan fingerprint density at radius 3 is 2.87 bits per heavy atom. The fourth-order valence-corrected chi connectivity index (χ4v) is 2.78. The van der Waals surface area contributed by atoms with Gasteiger partial charge >= 0.3 is 0 Å². The molecule has 1 aromatic heterocycles. The summed E-state index contributed by atoms with van der Waals surface area (Å²) in [5, 5.41) is 5.69. The number of hydrogen-bond donors (Lipinski definition) is 2. The minimum absolute atomic E-state index is 0.0169. The molecule has 84 valence electrons. The Balaban J connectivity index is 2.47. The molecule has 1 unspecified atom stereocenters. The van der Waals surface area contributed by atoms with Crippen LogP contribution in [0, 0.1) is 0 Å². The van der Waals surface area contributed by atoms with Crippen molar-refractivity contribution in [3.63, 3.8) is 0 Å². The van der Waals surface area contributed by atoms with Gasteiger partial charge in [-0.1, -0.05) is 11.6 Å². The molecular formula is C9H12BrClN2OS. The van der Waals surface area contributed by atoms with Gasteiger partial charge in [0, 0.05) is 22.9 Å². The molecule has 1 aromatic rings. The lowest BCUT2D eigenvalue weighted by molar-refractivity contribution is -0.122. The van der Waals surface area contributed by atoms with Crippen LogP contribution < -0.4 is 10.6 Å². The van der Waals surface area contributed by atoms with Crippen LogP contribution in [0.4, 0.5) is 0 Å². The molecule has 6 heteroatoms. The van der Waals surface area contributed by atoms with E-state index in [-0.39, 0.29) is 11.9 Å². The lowest BCUT2D eigenvalue weighted by atomic mass is 10.3. The van der Waals surface area contributed by atoms with Gasteiger partial charge in [0.1, 0.15) is 4.34 Å². The summed E-state index contributed by atoms with van der Waals surface area (Å²) >= 11 is 10.7. The Bertz CT molecular complexity index is 336. The molecule has 0 aliphatic rings. The van der Waals surface area contributed by atoms with E-state index in [4.69, 9.17) is 11.6 Å². The van der Waals surface area contributed by atoms with Crippen LogP contribution in [0.1, 0.15) is 11.8 Å². The SMILES string of the molecule is CNC(=O)C(C)NCc1cc(Br)c(Cl)s1. The van der Waals surface area contributed by atoms with Gasteiger partial charge in [-0.25, -0.2) is 0 Å². The van der Waals surface area contributed by atoms with Crippen LogP contribution in [0.3, 0.4) is 0 Å². The Morgan fingerprint density at radius 2 is 2.40 bits per heavy atom. The first-order chi connectivity index (χ1) is 7.04. The number of amides is 1. The summed E-state index contributed by atoms with van der Waals surface area (Å²) in [4.78, 5) is 12.3. The lowest BCUT2D eigenvalue weighted by Gasteiger charge is -2.10. The van der Waals surface area contributed by atoms with Gasteiger partial charge in [0.2, 0.25) is 5.91 Å². The summed E-state index contributed by atoms with van der Waals surface area (Å²) in [5.41, 5.74) is 0. The molecule has 3 nitrogen and oxygen atoms in total. The third-order valence-corrected chi connectivity index (χ3v) is 4.39. The molecule has 0 fully saturated rings. The van der Waals surface area contributed by atoms with E-state index < -0.39 is 0 Å². The van der Waals surface area contributed by atoms with Gasteiger partial charge in [-0.2, -0.15) is 0 Å². The number of thiophene rings is 1. The molecule has 0 radical (unpaired) electrons. The quantitative estimate of drug-likeness (QED) is 0.896. The summed E-state index contributed by atoms with van der Waals surface area (Å²) in [7, 11) is 1.62. The fourth-order valence-electron chi connectivity index (χ4n) is 1.04. The molecule has 0 aliphatic carbocycles. The molecule has 0 saturated heterocycles. The molecule has 15 heavy (non-hydrogen) atoms. The van der Waals surface area contributed by atoms with Crippen LogP contribution in [0.2, 0.25) is 4.34 Å². The minimum atomic E-state index is -0.199.